The molecule has 2 aliphatic heterocycles. The van der Waals surface area contributed by atoms with Crippen molar-refractivity contribution in [1.29, 1.82) is 0 Å². The van der Waals surface area contributed by atoms with Crippen molar-refractivity contribution in [2.24, 2.45) is 5.16 Å². The third kappa shape index (κ3) is 4.85. The third-order valence-corrected chi connectivity index (χ3v) is 6.43. The first-order chi connectivity index (χ1) is 15.2. The monoisotopic (exact) mass is 483 g/mol. The molecule has 14 heteroatoms. The highest BCUT2D eigenvalue weighted by Gasteiger charge is 2.54. The number of thiazole rings is 1. The van der Waals surface area contributed by atoms with Crippen LogP contribution in [0.3, 0.4) is 0 Å². The summed E-state index contributed by atoms with van der Waals surface area (Å²) >= 11 is 2.37. The molecule has 0 aliphatic carbocycles. The summed E-state index contributed by atoms with van der Waals surface area (Å²) in [4.78, 5) is 58.7. The van der Waals surface area contributed by atoms with Gasteiger partial charge in [0.1, 0.15) is 36.0 Å². The normalized spacial score (nSPS) is 20.4. The summed E-state index contributed by atoms with van der Waals surface area (Å²) in [5.41, 5.74) is 5.78. The van der Waals surface area contributed by atoms with Crippen molar-refractivity contribution in [3.8, 4) is 0 Å². The van der Waals surface area contributed by atoms with Crippen LogP contribution in [0, 0.1) is 0 Å². The first kappa shape index (κ1) is 23.5. The van der Waals surface area contributed by atoms with Crippen molar-refractivity contribution in [2.75, 3.05) is 24.7 Å². The summed E-state index contributed by atoms with van der Waals surface area (Å²) in [6.07, 6.45) is 0.673. The number of nitrogens with two attached hydrogens (primary N) is 1. The van der Waals surface area contributed by atoms with Crippen molar-refractivity contribution >= 4 is 57.7 Å². The summed E-state index contributed by atoms with van der Waals surface area (Å²) in [6.45, 7) is 3.14. The van der Waals surface area contributed by atoms with Crippen molar-refractivity contribution in [3.63, 3.8) is 0 Å². The van der Waals surface area contributed by atoms with E-state index in [0.717, 1.165) is 16.2 Å². The van der Waals surface area contributed by atoms with Crippen LogP contribution in [-0.4, -0.2) is 74.8 Å². The largest absolute Gasteiger partial charge is 0.477 e. The van der Waals surface area contributed by atoms with E-state index in [4.69, 9.17) is 15.3 Å². The Bertz CT molecular complexity index is 1010. The average Bonchev–Trinajstić information content (AvgIpc) is 3.18. The number of thioether (sulfide) groups is 1. The number of aliphatic carboxylic acids is 1. The summed E-state index contributed by atoms with van der Waals surface area (Å²) in [5, 5.41) is 17.2. The Morgan fingerprint density at radius 3 is 2.78 bits per heavy atom. The summed E-state index contributed by atoms with van der Waals surface area (Å²) in [7, 11) is 0. The SMILES string of the molecule is CCCON=C(C(=O)NC1C(=O)N2C(C(=O)O)=C(COC(C)=O)CS[C@H]12)c1csc(N)n1. The van der Waals surface area contributed by atoms with Gasteiger partial charge in [-0.2, -0.15) is 0 Å². The van der Waals surface area contributed by atoms with Gasteiger partial charge in [-0.1, -0.05) is 12.1 Å². The number of anilines is 1. The number of carbonyl (C=O) groups is 4. The number of amides is 2. The van der Waals surface area contributed by atoms with E-state index < -0.39 is 35.2 Å². The highest BCUT2D eigenvalue weighted by molar-refractivity contribution is 8.00. The first-order valence-electron chi connectivity index (χ1n) is 9.50. The minimum atomic E-state index is -1.32. The molecule has 0 spiro atoms. The van der Waals surface area contributed by atoms with E-state index >= 15 is 0 Å². The lowest BCUT2D eigenvalue weighted by atomic mass is 10.0. The van der Waals surface area contributed by atoms with Crippen LogP contribution >= 0.6 is 23.1 Å². The van der Waals surface area contributed by atoms with Crippen LogP contribution in [-0.2, 0) is 28.8 Å². The van der Waals surface area contributed by atoms with E-state index in [1.807, 2.05) is 6.92 Å². The minimum absolute atomic E-state index is 0.136. The van der Waals surface area contributed by atoms with E-state index in [1.54, 1.807) is 5.38 Å². The molecule has 1 saturated heterocycles. The number of aromatic nitrogens is 1. The van der Waals surface area contributed by atoms with Crippen LogP contribution in [0.5, 0.6) is 0 Å². The van der Waals surface area contributed by atoms with Crippen LogP contribution in [0.4, 0.5) is 5.13 Å². The predicted molar refractivity (Wildman–Crippen MR) is 116 cm³/mol. The maximum atomic E-state index is 12.9. The Labute approximate surface area is 190 Å². The van der Waals surface area contributed by atoms with Crippen LogP contribution in [0.1, 0.15) is 26.0 Å². The average molecular weight is 484 g/mol. The van der Waals surface area contributed by atoms with E-state index in [0.29, 0.717) is 12.0 Å². The number of nitrogen functional groups attached to an aromatic ring is 1. The molecule has 2 aliphatic rings. The van der Waals surface area contributed by atoms with Gasteiger partial charge in [-0.15, -0.1) is 23.1 Å². The third-order valence-electron chi connectivity index (χ3n) is 4.42. The molecule has 1 aromatic rings. The lowest BCUT2D eigenvalue weighted by Gasteiger charge is -2.49. The van der Waals surface area contributed by atoms with Gasteiger partial charge in [-0.05, 0) is 6.42 Å². The number of carbonyl (C=O) groups excluding carboxylic acids is 3. The Morgan fingerprint density at radius 2 is 2.19 bits per heavy atom. The van der Waals surface area contributed by atoms with Gasteiger partial charge in [0.25, 0.3) is 11.8 Å². The Balaban J connectivity index is 1.77. The van der Waals surface area contributed by atoms with Gasteiger partial charge in [-0.3, -0.25) is 19.3 Å². The number of esters is 1. The molecule has 32 heavy (non-hydrogen) atoms. The number of β-lactam (4-membered cyclic amide) rings is 1. The van der Waals surface area contributed by atoms with E-state index in [9.17, 15) is 24.3 Å². The lowest BCUT2D eigenvalue weighted by Crippen LogP contribution is -2.71. The number of rotatable bonds is 9. The molecule has 0 radical (unpaired) electrons. The number of carboxylic acids is 1. The second-order valence-electron chi connectivity index (χ2n) is 6.74. The number of fused-ring (bicyclic) bond motifs is 1. The van der Waals surface area contributed by atoms with E-state index in [1.165, 1.54) is 18.7 Å². The smallest absolute Gasteiger partial charge is 0.352 e. The van der Waals surface area contributed by atoms with Crippen molar-refractivity contribution in [2.45, 2.75) is 31.7 Å². The van der Waals surface area contributed by atoms with Crippen LogP contribution in [0.25, 0.3) is 0 Å². The molecule has 12 nitrogen and oxygen atoms in total. The van der Waals surface area contributed by atoms with Gasteiger partial charge >= 0.3 is 11.9 Å². The molecule has 3 heterocycles. The van der Waals surface area contributed by atoms with Gasteiger partial charge in [0.15, 0.2) is 10.8 Å². The maximum absolute atomic E-state index is 12.9. The molecular formula is C18H21N5O7S2. The second-order valence-corrected chi connectivity index (χ2v) is 8.74. The Kier molecular flexibility index (Phi) is 7.35. The molecule has 172 valence electrons. The predicted octanol–water partition coefficient (Wildman–Crippen LogP) is 0.158. The zero-order chi connectivity index (χ0) is 23.4. The Morgan fingerprint density at radius 1 is 1.44 bits per heavy atom. The molecule has 1 aromatic heterocycles. The van der Waals surface area contributed by atoms with Crippen molar-refractivity contribution < 1.29 is 33.9 Å². The molecule has 2 amide bonds. The lowest BCUT2D eigenvalue weighted by molar-refractivity contribution is -0.150. The fourth-order valence-corrected chi connectivity index (χ4v) is 4.87. The number of ether oxygens (including phenoxy) is 1. The fraction of sp³-hybridized carbons (Fsp3) is 0.444. The molecule has 0 aromatic carbocycles. The number of hydrogen-bond acceptors (Lipinski definition) is 11. The van der Waals surface area contributed by atoms with Gasteiger partial charge in [0.05, 0.1) is 0 Å². The van der Waals surface area contributed by atoms with E-state index in [-0.39, 0.29) is 41.2 Å². The second kappa shape index (κ2) is 9.99. The topological polar surface area (TPSA) is 174 Å². The number of carboxylic acid groups (broad SMARTS) is 1. The summed E-state index contributed by atoms with van der Waals surface area (Å²) in [6, 6.07) is -0.968. The quantitative estimate of drug-likeness (QED) is 0.144. The molecular weight excluding hydrogens is 462 g/mol. The zero-order valence-corrected chi connectivity index (χ0v) is 18.8. The zero-order valence-electron chi connectivity index (χ0n) is 17.2. The molecule has 2 atom stereocenters. The minimum Gasteiger partial charge on any atom is -0.477 e. The highest BCUT2D eigenvalue weighted by Crippen LogP contribution is 2.40. The maximum Gasteiger partial charge on any atom is 0.352 e. The van der Waals surface area contributed by atoms with Gasteiger partial charge in [0, 0.05) is 23.6 Å². The van der Waals surface area contributed by atoms with E-state index in [2.05, 4.69) is 15.5 Å². The number of oxime groups is 1. The van der Waals surface area contributed by atoms with Crippen LogP contribution in [0.2, 0.25) is 0 Å². The molecule has 0 bridgehead atoms. The van der Waals surface area contributed by atoms with Crippen LogP contribution < -0.4 is 11.1 Å². The highest BCUT2D eigenvalue weighted by atomic mass is 32.2. The fourth-order valence-electron chi connectivity index (χ4n) is 3.00. The summed E-state index contributed by atoms with van der Waals surface area (Å²) in [5.74, 6) is -2.95. The summed E-state index contributed by atoms with van der Waals surface area (Å²) < 4.78 is 4.90. The number of nitrogens with one attached hydrogen (secondary N) is 1. The number of nitrogens with zero attached hydrogens (tertiary/aromatic N) is 3. The molecule has 0 saturated carbocycles. The van der Waals surface area contributed by atoms with Crippen molar-refractivity contribution in [3.05, 3.63) is 22.3 Å². The first-order valence-corrected chi connectivity index (χ1v) is 11.4. The molecule has 1 unspecified atom stereocenters. The van der Waals surface area contributed by atoms with Gasteiger partial charge in [0.2, 0.25) is 0 Å². The molecule has 4 N–H and O–H groups in total. The molecule has 3 rings (SSSR count). The van der Waals surface area contributed by atoms with Gasteiger partial charge < -0.3 is 25.7 Å². The van der Waals surface area contributed by atoms with Gasteiger partial charge in [-0.25, -0.2) is 9.78 Å². The molecule has 1 fully saturated rings. The Hall–Kier alpha value is -3.13. The van der Waals surface area contributed by atoms with Crippen LogP contribution in [0.15, 0.2) is 21.8 Å². The van der Waals surface area contributed by atoms with Crippen molar-refractivity contribution in [1.82, 2.24) is 15.2 Å². The number of hydrogen-bond donors (Lipinski definition) is 3. The standard InChI is InChI=1S/C18H21N5O7S2/c1-3-4-30-22-11(10-7-32-18(19)20-10)14(25)21-12-15(26)23-13(17(27)28)9(5-29-8(2)24)6-31-16(12)23/h7,12,16H,3-6H2,1-2H3,(H2,19,20)(H,21,25)(H,27,28)/t12?,16-/m1/s1.